The van der Waals surface area contributed by atoms with Gasteiger partial charge in [-0.3, -0.25) is 4.79 Å². The summed E-state index contributed by atoms with van der Waals surface area (Å²) in [7, 11) is 0. The van der Waals surface area contributed by atoms with E-state index >= 15 is 0 Å². The van der Waals surface area contributed by atoms with Crippen molar-refractivity contribution in [2.45, 2.75) is 38.3 Å². The number of fused-ring (bicyclic) bond motifs is 2. The van der Waals surface area contributed by atoms with Crippen LogP contribution in [0.25, 0.3) is 5.69 Å². The van der Waals surface area contributed by atoms with Gasteiger partial charge < -0.3 is 10.2 Å². The Labute approximate surface area is 168 Å². The number of aromatic nitrogens is 3. The Hall–Kier alpha value is -1.34. The van der Waals surface area contributed by atoms with Gasteiger partial charge in [-0.2, -0.15) is 0 Å². The van der Waals surface area contributed by atoms with Gasteiger partial charge in [0.2, 0.25) is 5.82 Å². The van der Waals surface area contributed by atoms with Crippen LogP contribution in [0.3, 0.4) is 0 Å². The molecule has 0 aliphatic carbocycles. The first-order valence-electron chi connectivity index (χ1n) is 8.47. The smallest absolute Gasteiger partial charge is 0.294 e. The third kappa shape index (κ3) is 3.31. The van der Waals surface area contributed by atoms with E-state index in [0.29, 0.717) is 21.6 Å². The van der Waals surface area contributed by atoms with Crippen LogP contribution >= 0.6 is 35.6 Å². The van der Waals surface area contributed by atoms with Gasteiger partial charge in [0.1, 0.15) is 11.5 Å². The van der Waals surface area contributed by atoms with Crippen LogP contribution in [0, 0.1) is 6.92 Å². The van der Waals surface area contributed by atoms with E-state index in [1.54, 1.807) is 29.8 Å². The Balaban J connectivity index is 0.00000196. The molecule has 1 aromatic heterocycles. The number of para-hydroxylation sites is 1. The molecule has 1 N–H and O–H groups in total. The Kier molecular flexibility index (Phi) is 5.77. The van der Waals surface area contributed by atoms with E-state index in [4.69, 9.17) is 23.2 Å². The molecule has 6 nitrogen and oxygen atoms in total. The number of aryl methyl sites for hydroxylation is 1. The highest BCUT2D eigenvalue weighted by Crippen LogP contribution is 2.31. The second-order valence-corrected chi connectivity index (χ2v) is 7.37. The van der Waals surface area contributed by atoms with Crippen molar-refractivity contribution in [2.75, 3.05) is 13.1 Å². The van der Waals surface area contributed by atoms with Gasteiger partial charge in [-0.25, -0.2) is 9.67 Å². The topological polar surface area (TPSA) is 63.1 Å². The van der Waals surface area contributed by atoms with Crippen molar-refractivity contribution >= 4 is 41.5 Å². The van der Waals surface area contributed by atoms with Gasteiger partial charge in [0.15, 0.2) is 0 Å². The Morgan fingerprint density at radius 3 is 2.62 bits per heavy atom. The zero-order valence-electron chi connectivity index (χ0n) is 14.3. The fourth-order valence-corrected chi connectivity index (χ4v) is 4.37. The van der Waals surface area contributed by atoms with E-state index in [1.165, 1.54) is 0 Å². The predicted octanol–water partition coefficient (Wildman–Crippen LogP) is 3.27. The first kappa shape index (κ1) is 19.4. The molecule has 0 spiro atoms. The van der Waals surface area contributed by atoms with Crippen molar-refractivity contribution in [2.24, 2.45) is 0 Å². The van der Waals surface area contributed by atoms with Crippen molar-refractivity contribution in [3.8, 4) is 5.69 Å². The molecule has 3 heterocycles. The number of rotatable bonds is 2. The van der Waals surface area contributed by atoms with E-state index in [2.05, 4.69) is 15.4 Å². The minimum atomic E-state index is -0.110. The van der Waals surface area contributed by atoms with E-state index in [0.717, 1.165) is 32.4 Å². The monoisotopic (exact) mass is 415 g/mol. The second kappa shape index (κ2) is 7.72. The number of carbonyl (C=O) groups excluding carboxylic acids is 1. The number of hydrogen-bond donors (Lipinski definition) is 1. The Bertz CT molecular complexity index is 790. The molecular formula is C17H20Cl3N5O. The molecule has 2 aromatic rings. The fraction of sp³-hybridized carbons (Fsp3) is 0.471. The SMILES string of the molecule is Cc1nc(C(=O)N2C3CCNCC2CC3)nn1-c1c(Cl)cccc1Cl.Cl. The number of nitrogens with zero attached hydrogens (tertiary/aromatic N) is 4. The second-order valence-electron chi connectivity index (χ2n) is 6.55. The Morgan fingerprint density at radius 2 is 1.88 bits per heavy atom. The largest absolute Gasteiger partial charge is 0.329 e. The van der Waals surface area contributed by atoms with Crippen molar-refractivity contribution in [1.82, 2.24) is 25.0 Å². The molecule has 2 atom stereocenters. The third-order valence-electron chi connectivity index (χ3n) is 5.00. The van der Waals surface area contributed by atoms with E-state index < -0.39 is 0 Å². The fourth-order valence-electron chi connectivity index (χ4n) is 3.81. The minimum absolute atomic E-state index is 0. The summed E-state index contributed by atoms with van der Waals surface area (Å²) in [5, 5.41) is 8.77. The van der Waals surface area contributed by atoms with Gasteiger partial charge in [-0.15, -0.1) is 17.5 Å². The molecule has 0 radical (unpaired) electrons. The summed E-state index contributed by atoms with van der Waals surface area (Å²) in [6.45, 7) is 3.57. The van der Waals surface area contributed by atoms with E-state index in [1.807, 2.05) is 4.90 Å². The maximum absolute atomic E-state index is 13.1. The van der Waals surface area contributed by atoms with Crippen molar-refractivity contribution in [3.63, 3.8) is 0 Å². The third-order valence-corrected chi connectivity index (χ3v) is 5.61. The molecule has 140 valence electrons. The van der Waals surface area contributed by atoms with Crippen LogP contribution in [0.5, 0.6) is 0 Å². The molecule has 0 saturated carbocycles. The molecule has 2 saturated heterocycles. The molecule has 4 rings (SSSR count). The summed E-state index contributed by atoms with van der Waals surface area (Å²) in [5.74, 6) is 0.673. The number of halogens is 3. The van der Waals surface area contributed by atoms with Gasteiger partial charge in [0.25, 0.3) is 5.91 Å². The lowest BCUT2D eigenvalue weighted by molar-refractivity contribution is 0.0667. The molecule has 2 aliphatic rings. The van der Waals surface area contributed by atoms with Gasteiger partial charge >= 0.3 is 0 Å². The highest BCUT2D eigenvalue weighted by molar-refractivity contribution is 6.37. The van der Waals surface area contributed by atoms with Crippen molar-refractivity contribution in [1.29, 1.82) is 0 Å². The van der Waals surface area contributed by atoms with Crippen LogP contribution in [0.15, 0.2) is 18.2 Å². The highest BCUT2D eigenvalue weighted by Gasteiger charge is 2.39. The maximum Gasteiger partial charge on any atom is 0.294 e. The van der Waals surface area contributed by atoms with Gasteiger partial charge in [-0.05, 0) is 44.9 Å². The summed E-state index contributed by atoms with van der Waals surface area (Å²) in [6.07, 6.45) is 3.05. The maximum atomic E-state index is 13.1. The average Bonchev–Trinajstić information content (AvgIpc) is 3.06. The quantitative estimate of drug-likeness (QED) is 0.816. The normalized spacial score (nSPS) is 22.0. The number of carbonyl (C=O) groups is 1. The van der Waals surface area contributed by atoms with Crippen molar-refractivity contribution < 1.29 is 4.79 Å². The molecule has 2 fully saturated rings. The molecule has 2 bridgehead atoms. The minimum Gasteiger partial charge on any atom is -0.329 e. The van der Waals surface area contributed by atoms with Crippen LogP contribution in [0.4, 0.5) is 0 Å². The van der Waals surface area contributed by atoms with E-state index in [-0.39, 0.29) is 36.2 Å². The highest BCUT2D eigenvalue weighted by atomic mass is 35.5. The Morgan fingerprint density at radius 1 is 1.19 bits per heavy atom. The van der Waals surface area contributed by atoms with Gasteiger partial charge in [0.05, 0.1) is 10.0 Å². The van der Waals surface area contributed by atoms with Gasteiger partial charge in [0, 0.05) is 18.6 Å². The number of nitrogens with one attached hydrogen (secondary N) is 1. The lowest BCUT2D eigenvalue weighted by atomic mass is 10.1. The summed E-state index contributed by atoms with van der Waals surface area (Å²) in [6, 6.07) is 5.74. The van der Waals surface area contributed by atoms with Crippen LogP contribution in [-0.4, -0.2) is 50.7 Å². The zero-order chi connectivity index (χ0) is 17.6. The lowest BCUT2D eigenvalue weighted by Crippen LogP contribution is -2.43. The molecule has 1 amide bonds. The number of benzene rings is 1. The summed E-state index contributed by atoms with van der Waals surface area (Å²) in [4.78, 5) is 19.4. The molecular weight excluding hydrogens is 397 g/mol. The zero-order valence-corrected chi connectivity index (χ0v) is 16.6. The molecule has 2 unspecified atom stereocenters. The summed E-state index contributed by atoms with van der Waals surface area (Å²) >= 11 is 12.5. The first-order valence-corrected chi connectivity index (χ1v) is 9.23. The number of amides is 1. The average molecular weight is 417 g/mol. The summed E-state index contributed by atoms with van der Waals surface area (Å²) in [5.41, 5.74) is 0.551. The molecule has 1 aromatic carbocycles. The predicted molar refractivity (Wildman–Crippen MR) is 104 cm³/mol. The summed E-state index contributed by atoms with van der Waals surface area (Å²) < 4.78 is 1.55. The van der Waals surface area contributed by atoms with Crippen molar-refractivity contribution in [3.05, 3.63) is 39.9 Å². The lowest BCUT2D eigenvalue weighted by Gasteiger charge is -2.26. The van der Waals surface area contributed by atoms with E-state index in [9.17, 15) is 4.79 Å². The first-order chi connectivity index (χ1) is 12.1. The molecule has 2 aliphatic heterocycles. The van der Waals surface area contributed by atoms with Crippen LogP contribution < -0.4 is 5.32 Å². The van der Waals surface area contributed by atoms with Gasteiger partial charge in [-0.1, -0.05) is 29.3 Å². The van der Waals surface area contributed by atoms with Crippen LogP contribution in [0.1, 0.15) is 35.7 Å². The number of hydrogen-bond acceptors (Lipinski definition) is 4. The standard InChI is InChI=1S/C17H19Cl2N5O.ClH/c1-10-21-16(22-24(10)15-13(18)3-2-4-14(15)19)17(25)23-11-5-6-12(23)9-20-8-7-11;/h2-4,11-12,20H,5-9H2,1H3;1H. The molecule has 9 heteroatoms. The molecule has 26 heavy (non-hydrogen) atoms. The van der Waals surface area contributed by atoms with Crippen LogP contribution in [0.2, 0.25) is 10.0 Å². The van der Waals surface area contributed by atoms with Crippen LogP contribution in [-0.2, 0) is 0 Å².